The average molecular weight is 653 g/mol. The summed E-state index contributed by atoms with van der Waals surface area (Å²) >= 11 is 7.77. The molecule has 0 aliphatic heterocycles. The van der Waals surface area contributed by atoms with Gasteiger partial charge in [0.2, 0.25) is 0 Å². The zero-order valence-corrected chi connectivity index (χ0v) is 21.8. The molecule has 2 aromatic carbocycles. The molecule has 2 atom stereocenters. The van der Waals surface area contributed by atoms with Crippen LogP contribution in [-0.4, -0.2) is 50.9 Å². The lowest BCUT2D eigenvalue weighted by Crippen LogP contribution is -2.38. The van der Waals surface area contributed by atoms with Gasteiger partial charge in [0.15, 0.2) is 0 Å². The lowest BCUT2D eigenvalue weighted by atomic mass is 9.98. The first-order chi connectivity index (χ1) is 16.0. The van der Waals surface area contributed by atoms with E-state index in [1.165, 1.54) is 25.1 Å². The van der Waals surface area contributed by atoms with Gasteiger partial charge in [-0.3, -0.25) is 9.59 Å². The number of carbonyl (C=O) groups excluding carboxylic acids is 2. The molecule has 0 aliphatic rings. The van der Waals surface area contributed by atoms with Gasteiger partial charge in [0.1, 0.15) is 15.8 Å². The molecule has 0 saturated heterocycles. The van der Waals surface area contributed by atoms with Crippen LogP contribution in [0.2, 0.25) is 5.02 Å². The Morgan fingerprint density at radius 3 is 2.26 bits per heavy atom. The molecular formula is C21H19ClF5IN2O4S. The summed E-state index contributed by atoms with van der Waals surface area (Å²) in [5, 5.41) is 4.45. The van der Waals surface area contributed by atoms with E-state index in [-0.39, 0.29) is 22.6 Å². The summed E-state index contributed by atoms with van der Waals surface area (Å²) in [5.41, 5.74) is -1.12. The second kappa shape index (κ2) is 11.4. The van der Waals surface area contributed by atoms with Crippen LogP contribution in [0.4, 0.5) is 27.6 Å². The van der Waals surface area contributed by atoms with Crippen LogP contribution in [0, 0.1) is 3.57 Å². The summed E-state index contributed by atoms with van der Waals surface area (Å²) in [6, 6.07) is 6.00. The molecule has 2 N–H and O–H groups in total. The molecule has 0 spiro atoms. The van der Waals surface area contributed by atoms with Gasteiger partial charge in [0, 0.05) is 15.9 Å². The number of rotatable bonds is 8. The summed E-state index contributed by atoms with van der Waals surface area (Å²) in [7, 11) is -3.39. The Labute approximate surface area is 216 Å². The number of anilines is 1. The molecule has 0 aromatic heterocycles. The number of hydrogen-bond acceptors (Lipinski definition) is 4. The number of carbonyl (C=O) groups is 2. The van der Waals surface area contributed by atoms with E-state index in [1.54, 1.807) is 0 Å². The molecule has 0 fully saturated rings. The quantitative estimate of drug-likeness (QED) is 0.300. The Bertz CT molecular complexity index is 1220. The van der Waals surface area contributed by atoms with E-state index in [1.807, 2.05) is 22.6 Å². The third kappa shape index (κ3) is 8.00. The van der Waals surface area contributed by atoms with Crippen molar-refractivity contribution in [2.75, 3.05) is 17.3 Å². The molecule has 14 heteroatoms. The van der Waals surface area contributed by atoms with Gasteiger partial charge in [-0.15, -0.1) is 0 Å². The van der Waals surface area contributed by atoms with E-state index in [0.29, 0.717) is 9.64 Å². The van der Waals surface area contributed by atoms with E-state index < -0.39 is 56.8 Å². The van der Waals surface area contributed by atoms with Gasteiger partial charge in [-0.2, -0.15) is 13.2 Å². The van der Waals surface area contributed by atoms with Crippen LogP contribution in [-0.2, 0) is 9.84 Å². The molecule has 1 unspecified atom stereocenters. The summed E-state index contributed by atoms with van der Waals surface area (Å²) in [6.45, 7) is 1.48. The number of hydrogen-bond donors (Lipinski definition) is 2. The lowest BCUT2D eigenvalue weighted by Gasteiger charge is -2.20. The fourth-order valence-corrected chi connectivity index (χ4v) is 5.20. The standard InChI is InChI=1S/C21H19ClF5IN2O4S/c1-10(9-35(2,33)34)29-20(32)16-12(4-3-5-14(16)28)19(31)30-15-7-6-11(8-13(15)22)17(18(23)24)21(25,26)27/h3-8,10,17-18H,9H2,1-2H3,(H,29,32)(H,30,31)/t10-,17?/m0/s1. The van der Waals surface area contributed by atoms with Crippen LogP contribution in [0.25, 0.3) is 0 Å². The van der Waals surface area contributed by atoms with Gasteiger partial charge < -0.3 is 10.6 Å². The van der Waals surface area contributed by atoms with Crippen LogP contribution < -0.4 is 10.6 Å². The molecule has 0 radical (unpaired) electrons. The highest BCUT2D eigenvalue weighted by molar-refractivity contribution is 14.1. The zero-order chi connectivity index (χ0) is 26.7. The predicted octanol–water partition coefficient (Wildman–Crippen LogP) is 5.27. The van der Waals surface area contributed by atoms with Crippen molar-refractivity contribution < 1.29 is 40.0 Å². The SMILES string of the molecule is C[C@@H](CS(C)(=O)=O)NC(=O)c1c(I)cccc1C(=O)Nc1ccc(C(C(F)F)C(F)(F)F)cc1Cl. The fraction of sp³-hybridized carbons (Fsp3) is 0.333. The minimum atomic E-state index is -5.21. The molecule has 192 valence electrons. The number of benzene rings is 2. The van der Waals surface area contributed by atoms with Crippen LogP contribution in [0.1, 0.15) is 39.1 Å². The highest BCUT2D eigenvalue weighted by atomic mass is 127. The fourth-order valence-electron chi connectivity index (χ4n) is 3.23. The van der Waals surface area contributed by atoms with Crippen LogP contribution in [0.3, 0.4) is 0 Å². The predicted molar refractivity (Wildman–Crippen MR) is 130 cm³/mol. The Morgan fingerprint density at radius 2 is 1.74 bits per heavy atom. The van der Waals surface area contributed by atoms with Crippen molar-refractivity contribution in [3.05, 3.63) is 61.7 Å². The molecule has 2 aromatic rings. The van der Waals surface area contributed by atoms with Crippen LogP contribution in [0.15, 0.2) is 36.4 Å². The van der Waals surface area contributed by atoms with Crippen molar-refractivity contribution in [3.63, 3.8) is 0 Å². The van der Waals surface area contributed by atoms with Crippen molar-refractivity contribution in [3.8, 4) is 0 Å². The Balaban J connectivity index is 2.33. The summed E-state index contributed by atoms with van der Waals surface area (Å²) in [4.78, 5) is 25.7. The smallest absolute Gasteiger partial charge is 0.349 e. The summed E-state index contributed by atoms with van der Waals surface area (Å²) in [6.07, 6.45) is -7.92. The first-order valence-electron chi connectivity index (χ1n) is 9.74. The monoisotopic (exact) mass is 652 g/mol. The van der Waals surface area contributed by atoms with Gasteiger partial charge in [-0.25, -0.2) is 17.2 Å². The average Bonchev–Trinajstić information content (AvgIpc) is 2.66. The number of halogens is 7. The zero-order valence-electron chi connectivity index (χ0n) is 18.1. The first-order valence-corrected chi connectivity index (χ1v) is 13.3. The van der Waals surface area contributed by atoms with Crippen LogP contribution >= 0.6 is 34.2 Å². The number of amides is 2. The second-order valence-corrected chi connectivity index (χ2v) is 11.4. The first kappa shape index (κ1) is 29.2. The molecule has 2 rings (SSSR count). The number of nitrogens with one attached hydrogen (secondary N) is 2. The van der Waals surface area contributed by atoms with E-state index in [2.05, 4.69) is 10.6 Å². The van der Waals surface area contributed by atoms with Gasteiger partial charge in [0.05, 0.1) is 27.6 Å². The van der Waals surface area contributed by atoms with Crippen molar-refractivity contribution in [2.45, 2.75) is 31.5 Å². The van der Waals surface area contributed by atoms with Gasteiger partial charge in [-0.1, -0.05) is 23.7 Å². The normalized spacial score (nSPS) is 13.9. The van der Waals surface area contributed by atoms with Crippen molar-refractivity contribution in [2.24, 2.45) is 0 Å². The number of alkyl halides is 5. The lowest BCUT2D eigenvalue weighted by molar-refractivity contribution is -0.178. The maximum absolute atomic E-state index is 13.0. The molecule has 0 heterocycles. The molecule has 35 heavy (non-hydrogen) atoms. The Kier molecular flexibility index (Phi) is 9.50. The molecular weight excluding hydrogens is 634 g/mol. The largest absolute Gasteiger partial charge is 0.401 e. The molecule has 6 nitrogen and oxygen atoms in total. The van der Waals surface area contributed by atoms with Gasteiger partial charge >= 0.3 is 6.18 Å². The summed E-state index contributed by atoms with van der Waals surface area (Å²) in [5.74, 6) is -4.95. The summed E-state index contributed by atoms with van der Waals surface area (Å²) < 4.78 is 88.2. The second-order valence-electron chi connectivity index (χ2n) is 7.68. The third-order valence-electron chi connectivity index (χ3n) is 4.62. The van der Waals surface area contributed by atoms with E-state index >= 15 is 0 Å². The minimum absolute atomic E-state index is 0.0615. The Hall–Kier alpha value is -2.00. The minimum Gasteiger partial charge on any atom is -0.349 e. The van der Waals surface area contributed by atoms with Gasteiger partial charge in [0.25, 0.3) is 18.2 Å². The van der Waals surface area contributed by atoms with E-state index in [0.717, 1.165) is 18.4 Å². The van der Waals surface area contributed by atoms with E-state index in [9.17, 15) is 40.0 Å². The molecule has 0 saturated carbocycles. The van der Waals surface area contributed by atoms with Crippen LogP contribution in [0.5, 0.6) is 0 Å². The van der Waals surface area contributed by atoms with E-state index in [4.69, 9.17) is 11.6 Å². The van der Waals surface area contributed by atoms with Crippen molar-refractivity contribution >= 4 is 61.5 Å². The molecule has 2 amide bonds. The molecule has 0 aliphatic carbocycles. The maximum atomic E-state index is 13.0. The third-order valence-corrected chi connectivity index (χ3v) is 6.94. The topological polar surface area (TPSA) is 92.3 Å². The van der Waals surface area contributed by atoms with Gasteiger partial charge in [-0.05, 0) is 59.3 Å². The highest BCUT2D eigenvalue weighted by Crippen LogP contribution is 2.41. The number of sulfone groups is 1. The molecule has 0 bridgehead atoms. The highest BCUT2D eigenvalue weighted by Gasteiger charge is 2.47. The Morgan fingerprint density at radius 1 is 1.11 bits per heavy atom. The van der Waals surface area contributed by atoms with Crippen molar-refractivity contribution in [1.29, 1.82) is 0 Å². The van der Waals surface area contributed by atoms with Crippen molar-refractivity contribution in [1.82, 2.24) is 5.32 Å². The maximum Gasteiger partial charge on any atom is 0.401 e.